The van der Waals surface area contributed by atoms with E-state index in [0.717, 1.165) is 19.3 Å². The van der Waals surface area contributed by atoms with Crippen LogP contribution in [0.3, 0.4) is 0 Å². The fourth-order valence-corrected chi connectivity index (χ4v) is 3.39. The first-order chi connectivity index (χ1) is 16.3. The van der Waals surface area contributed by atoms with Crippen molar-refractivity contribution >= 4 is 116 Å². The lowest BCUT2D eigenvalue weighted by Gasteiger charge is -2.22. The molecule has 1 aromatic rings. The second-order valence-electron chi connectivity index (χ2n) is 6.79. The molecule has 0 amide bonds. The van der Waals surface area contributed by atoms with E-state index >= 15 is 0 Å². The first-order valence-electron chi connectivity index (χ1n) is 9.97. The smallest absolute Gasteiger partial charge is 0.213 e. The van der Waals surface area contributed by atoms with E-state index in [4.69, 9.17) is 140 Å². The highest BCUT2D eigenvalue weighted by Gasteiger charge is 2.26. The molecule has 0 N–H and O–H groups in total. The van der Waals surface area contributed by atoms with E-state index in [1.165, 1.54) is 6.08 Å². The molecule has 0 atom stereocenters. The van der Waals surface area contributed by atoms with Crippen LogP contribution in [0, 0.1) is 0 Å². The van der Waals surface area contributed by atoms with Gasteiger partial charge in [-0.05, 0) is 25.3 Å². The molecule has 5 nitrogen and oxygen atoms in total. The Labute approximate surface area is 254 Å². The summed E-state index contributed by atoms with van der Waals surface area (Å²) in [4.78, 5) is 0. The zero-order chi connectivity index (χ0) is 26.5. The summed E-state index contributed by atoms with van der Waals surface area (Å²) < 4.78 is 24.3. The summed E-state index contributed by atoms with van der Waals surface area (Å²) in [6.45, 7) is 0.630. The van der Waals surface area contributed by atoms with Crippen molar-refractivity contribution < 1.29 is 23.7 Å². The minimum Gasteiger partial charge on any atom is -0.490 e. The van der Waals surface area contributed by atoms with Crippen LogP contribution in [0.2, 0.25) is 10.0 Å². The van der Waals surface area contributed by atoms with Gasteiger partial charge in [0.2, 0.25) is 7.59 Å². The second-order valence-corrected chi connectivity index (χ2v) is 13.6. The molecule has 0 fully saturated rings. The maximum Gasteiger partial charge on any atom is 0.213 e. The van der Waals surface area contributed by atoms with Crippen LogP contribution in [-0.4, -0.2) is 53.5 Å². The molecule has 202 valence electrons. The summed E-state index contributed by atoms with van der Waals surface area (Å²) in [5.74, 6) is 0.840. The summed E-state index contributed by atoms with van der Waals surface area (Å²) in [6, 6.07) is 3.19. The SMILES string of the molecule is ClC(Cl)=CCOc1cc(Cl)c(OCCCCCOCC(OCC(Cl)(Cl)Cl)OCC(Cl)(Cl)Cl)c(Cl)c1. The molecule has 0 saturated heterocycles. The Balaban J connectivity index is 2.31. The summed E-state index contributed by atoms with van der Waals surface area (Å²) >= 11 is 57.7. The molecule has 0 aromatic heterocycles. The molecular weight excluding hydrogens is 675 g/mol. The van der Waals surface area contributed by atoms with Gasteiger partial charge in [0.05, 0.1) is 36.5 Å². The largest absolute Gasteiger partial charge is 0.490 e. The van der Waals surface area contributed by atoms with Crippen LogP contribution in [0.4, 0.5) is 0 Å². The monoisotopic (exact) mass is 692 g/mol. The fraction of sp³-hybridized carbons (Fsp3) is 0.600. The number of rotatable bonds is 16. The Hall–Kier alpha value is 1.34. The first kappa shape index (κ1) is 34.4. The number of halogens is 10. The molecule has 0 heterocycles. The van der Waals surface area contributed by atoms with E-state index in [9.17, 15) is 0 Å². The number of unbranched alkanes of at least 4 members (excludes halogenated alkanes) is 2. The zero-order valence-electron chi connectivity index (χ0n) is 18.0. The number of hydrogen-bond acceptors (Lipinski definition) is 5. The zero-order valence-corrected chi connectivity index (χ0v) is 25.6. The summed E-state index contributed by atoms with van der Waals surface area (Å²) in [6.07, 6.45) is 2.92. The van der Waals surface area contributed by atoms with Crippen molar-refractivity contribution in [3.8, 4) is 11.5 Å². The lowest BCUT2D eigenvalue weighted by atomic mass is 10.2. The van der Waals surface area contributed by atoms with Gasteiger partial charge in [-0.25, -0.2) is 0 Å². The lowest BCUT2D eigenvalue weighted by Crippen LogP contribution is -2.31. The van der Waals surface area contributed by atoms with Gasteiger partial charge < -0.3 is 23.7 Å². The first-order valence-corrected chi connectivity index (χ1v) is 13.7. The number of benzene rings is 1. The molecule has 0 saturated carbocycles. The highest BCUT2D eigenvalue weighted by molar-refractivity contribution is 6.68. The van der Waals surface area contributed by atoms with Gasteiger partial charge in [-0.3, -0.25) is 0 Å². The van der Waals surface area contributed by atoms with Crippen LogP contribution < -0.4 is 9.47 Å². The average Bonchev–Trinajstić information content (AvgIpc) is 2.71. The molecular formula is C20H22Cl10O5. The maximum atomic E-state index is 6.24. The molecule has 0 unspecified atom stereocenters. The number of ether oxygens (including phenoxy) is 5. The molecule has 0 radical (unpaired) electrons. The standard InChI is InChI=1S/C20H22Cl10O5/c21-14-8-13(32-7-4-16(23)24)9-15(22)18(14)33-6-3-1-2-5-31-10-17(34-11-19(25,26)27)35-12-20(28,29)30/h4,8-9,17H,1-3,5-7,10-12H2. The van der Waals surface area contributed by atoms with E-state index in [2.05, 4.69) is 0 Å². The van der Waals surface area contributed by atoms with Gasteiger partial charge in [-0.1, -0.05) is 116 Å². The van der Waals surface area contributed by atoms with E-state index in [1.54, 1.807) is 12.1 Å². The maximum absolute atomic E-state index is 6.24. The van der Waals surface area contributed by atoms with Crippen LogP contribution in [0.1, 0.15) is 19.3 Å². The van der Waals surface area contributed by atoms with Gasteiger partial charge >= 0.3 is 0 Å². The van der Waals surface area contributed by atoms with E-state index in [-0.39, 0.29) is 30.9 Å². The van der Waals surface area contributed by atoms with E-state index < -0.39 is 13.9 Å². The Morgan fingerprint density at radius 1 is 0.800 bits per heavy atom. The Kier molecular flexibility index (Phi) is 17.5. The van der Waals surface area contributed by atoms with Crippen LogP contribution in [0.15, 0.2) is 22.7 Å². The van der Waals surface area contributed by atoms with Crippen molar-refractivity contribution in [1.82, 2.24) is 0 Å². The van der Waals surface area contributed by atoms with Gasteiger partial charge in [0.1, 0.15) is 16.8 Å². The molecule has 0 aliphatic heterocycles. The second kappa shape index (κ2) is 17.8. The summed E-state index contributed by atoms with van der Waals surface area (Å²) in [5, 5.41) is 0.653. The third-order valence-electron chi connectivity index (χ3n) is 3.76. The highest BCUT2D eigenvalue weighted by atomic mass is 35.6. The highest BCUT2D eigenvalue weighted by Crippen LogP contribution is 2.37. The van der Waals surface area contributed by atoms with E-state index in [1.807, 2.05) is 0 Å². The minimum absolute atomic E-state index is 0.0600. The minimum atomic E-state index is -1.61. The van der Waals surface area contributed by atoms with Gasteiger partial charge in [0.25, 0.3) is 0 Å². The van der Waals surface area contributed by atoms with Crippen molar-refractivity contribution in [2.24, 2.45) is 0 Å². The molecule has 0 aliphatic rings. The Bertz CT molecular complexity index is 738. The molecule has 1 aromatic carbocycles. The summed E-state index contributed by atoms with van der Waals surface area (Å²) in [7, 11) is 0. The Morgan fingerprint density at radius 3 is 1.86 bits per heavy atom. The lowest BCUT2D eigenvalue weighted by molar-refractivity contribution is -0.170. The molecule has 35 heavy (non-hydrogen) atoms. The average molecular weight is 697 g/mol. The van der Waals surface area contributed by atoms with Crippen molar-refractivity contribution in [1.29, 1.82) is 0 Å². The van der Waals surface area contributed by atoms with Crippen molar-refractivity contribution in [3.05, 3.63) is 32.7 Å². The normalized spacial score (nSPS) is 12.2. The van der Waals surface area contributed by atoms with Crippen molar-refractivity contribution in [2.45, 2.75) is 33.1 Å². The van der Waals surface area contributed by atoms with Crippen molar-refractivity contribution in [2.75, 3.05) is 39.6 Å². The molecule has 15 heteroatoms. The summed E-state index contributed by atoms with van der Waals surface area (Å²) in [5.41, 5.74) is 0. The third-order valence-corrected chi connectivity index (χ3v) is 5.28. The molecule has 0 bridgehead atoms. The fourth-order valence-electron chi connectivity index (χ4n) is 2.31. The number of alkyl halides is 6. The van der Waals surface area contributed by atoms with Crippen molar-refractivity contribution in [3.63, 3.8) is 0 Å². The van der Waals surface area contributed by atoms with Gasteiger partial charge in [0.15, 0.2) is 12.0 Å². The molecule has 0 spiro atoms. The van der Waals surface area contributed by atoms with Crippen LogP contribution in [0.25, 0.3) is 0 Å². The predicted octanol–water partition coefficient (Wildman–Crippen LogP) is 9.36. The molecule has 0 aliphatic carbocycles. The van der Waals surface area contributed by atoms with Crippen LogP contribution in [-0.2, 0) is 14.2 Å². The van der Waals surface area contributed by atoms with Gasteiger partial charge in [-0.15, -0.1) is 0 Å². The predicted molar refractivity (Wildman–Crippen MR) is 148 cm³/mol. The third kappa shape index (κ3) is 18.3. The Morgan fingerprint density at radius 2 is 1.34 bits per heavy atom. The topological polar surface area (TPSA) is 46.2 Å². The van der Waals surface area contributed by atoms with E-state index in [0.29, 0.717) is 34.8 Å². The van der Waals surface area contributed by atoms with Crippen LogP contribution in [0.5, 0.6) is 11.5 Å². The van der Waals surface area contributed by atoms with Crippen LogP contribution >= 0.6 is 116 Å². The number of hydrogen-bond donors (Lipinski definition) is 0. The van der Waals surface area contributed by atoms with Gasteiger partial charge in [0, 0.05) is 18.7 Å². The molecule has 1 rings (SSSR count). The quantitative estimate of drug-likeness (QED) is 0.0980. The van der Waals surface area contributed by atoms with Gasteiger partial charge in [-0.2, -0.15) is 0 Å².